The fraction of sp³-hybridized carbons (Fsp3) is 0. The van der Waals surface area contributed by atoms with Gasteiger partial charge < -0.3 is 8.98 Å². The lowest BCUT2D eigenvalue weighted by Gasteiger charge is -2.16. The van der Waals surface area contributed by atoms with Crippen LogP contribution in [0.2, 0.25) is 0 Å². The van der Waals surface area contributed by atoms with E-state index in [-0.39, 0.29) is 0 Å². The minimum atomic E-state index is 0.587. The van der Waals surface area contributed by atoms with Gasteiger partial charge in [-0.2, -0.15) is 0 Å². The van der Waals surface area contributed by atoms with Crippen LogP contribution in [-0.2, 0) is 0 Å². The minimum absolute atomic E-state index is 0.587. The Morgan fingerprint density at radius 1 is 0.323 bits per heavy atom. The highest BCUT2D eigenvalue weighted by Gasteiger charge is 2.23. The van der Waals surface area contributed by atoms with Crippen molar-refractivity contribution >= 4 is 76.1 Å². The molecule has 0 N–H and O–H groups in total. The monoisotopic (exact) mass is 790 g/mol. The average molecular weight is 791 g/mol. The van der Waals surface area contributed by atoms with Crippen LogP contribution in [0.3, 0.4) is 0 Å². The highest BCUT2D eigenvalue weighted by Crippen LogP contribution is 2.45. The maximum atomic E-state index is 6.92. The van der Waals surface area contributed by atoms with E-state index in [1.54, 1.807) is 0 Å². The summed E-state index contributed by atoms with van der Waals surface area (Å²) in [5.74, 6) is 1.82. The van der Waals surface area contributed by atoms with Gasteiger partial charge in [-0.15, -0.1) is 0 Å². The third kappa shape index (κ3) is 5.38. The van der Waals surface area contributed by atoms with E-state index >= 15 is 0 Å². The summed E-state index contributed by atoms with van der Waals surface area (Å²) in [6, 6.07) is 72.9. The van der Waals surface area contributed by atoms with Gasteiger partial charge >= 0.3 is 0 Å². The largest absolute Gasteiger partial charge is 0.456 e. The highest BCUT2D eigenvalue weighted by molar-refractivity contribution is 6.24. The van der Waals surface area contributed by atoms with E-state index in [1.807, 2.05) is 72.8 Å². The van der Waals surface area contributed by atoms with Gasteiger partial charge in [0.2, 0.25) is 0 Å². The predicted octanol–water partition coefficient (Wildman–Crippen LogP) is 15.0. The second-order valence-corrected chi connectivity index (χ2v) is 16.0. The number of fused-ring (bicyclic) bond motifs is 10. The van der Waals surface area contributed by atoms with Gasteiger partial charge in [0.05, 0.1) is 16.7 Å². The molecular weight excluding hydrogens is 757 g/mol. The first kappa shape index (κ1) is 34.5. The molecule has 13 rings (SSSR count). The van der Waals surface area contributed by atoms with Crippen molar-refractivity contribution in [1.82, 2.24) is 19.5 Å². The zero-order valence-corrected chi connectivity index (χ0v) is 33.3. The SMILES string of the molecule is c1ccc(-c2nc(-c3ccccc3)nc(-c3cccc4oc5cc(-n6c7cc8ccccc8cc7c7c8ccccc8ccc76)c(-c6ccc7ccccc7c6)cc5c34)n2)cc1. The van der Waals surface area contributed by atoms with Gasteiger partial charge in [0.1, 0.15) is 11.2 Å². The fourth-order valence-electron chi connectivity index (χ4n) is 9.48. The Morgan fingerprint density at radius 2 is 0.935 bits per heavy atom. The van der Waals surface area contributed by atoms with E-state index < -0.39 is 0 Å². The summed E-state index contributed by atoms with van der Waals surface area (Å²) in [6.07, 6.45) is 0. The van der Waals surface area contributed by atoms with Crippen molar-refractivity contribution in [1.29, 1.82) is 0 Å². The topological polar surface area (TPSA) is 56.7 Å². The van der Waals surface area contributed by atoms with E-state index in [2.05, 4.69) is 138 Å². The predicted molar refractivity (Wildman–Crippen MR) is 256 cm³/mol. The van der Waals surface area contributed by atoms with Crippen molar-refractivity contribution in [2.24, 2.45) is 0 Å². The molecule has 5 heteroatoms. The Morgan fingerprint density at radius 3 is 1.68 bits per heavy atom. The summed E-state index contributed by atoms with van der Waals surface area (Å²) in [6.45, 7) is 0. The Bertz CT molecular complexity index is 3870. The zero-order chi connectivity index (χ0) is 40.7. The maximum absolute atomic E-state index is 6.92. The van der Waals surface area contributed by atoms with Crippen LogP contribution in [0.15, 0.2) is 211 Å². The van der Waals surface area contributed by atoms with Crippen LogP contribution >= 0.6 is 0 Å². The second-order valence-electron chi connectivity index (χ2n) is 16.0. The molecule has 0 bridgehead atoms. The van der Waals surface area contributed by atoms with E-state index in [0.29, 0.717) is 17.5 Å². The molecule has 0 aliphatic carbocycles. The highest BCUT2D eigenvalue weighted by atomic mass is 16.3. The molecule has 0 aliphatic heterocycles. The summed E-state index contributed by atoms with van der Waals surface area (Å²) in [5, 5.41) is 11.6. The molecule has 5 nitrogen and oxygen atoms in total. The van der Waals surface area contributed by atoms with Crippen molar-refractivity contribution in [2.75, 3.05) is 0 Å². The third-order valence-corrected chi connectivity index (χ3v) is 12.4. The molecule has 0 aliphatic rings. The molecule has 0 radical (unpaired) electrons. The molecule has 0 saturated carbocycles. The zero-order valence-electron chi connectivity index (χ0n) is 33.3. The van der Waals surface area contributed by atoms with Crippen LogP contribution in [-0.4, -0.2) is 19.5 Å². The number of furan rings is 1. The molecule has 3 aromatic heterocycles. The molecule has 0 amide bonds. The van der Waals surface area contributed by atoms with Gasteiger partial charge in [0, 0.05) is 49.9 Å². The molecule has 0 unspecified atom stereocenters. The van der Waals surface area contributed by atoms with Gasteiger partial charge in [-0.25, -0.2) is 15.0 Å². The Labute approximate surface area is 355 Å². The molecular formula is C57H34N4O. The molecule has 13 aromatic rings. The minimum Gasteiger partial charge on any atom is -0.456 e. The smallest absolute Gasteiger partial charge is 0.164 e. The number of aromatic nitrogens is 4. The summed E-state index contributed by atoms with van der Waals surface area (Å²) in [4.78, 5) is 15.3. The number of hydrogen-bond acceptors (Lipinski definition) is 4. The molecule has 10 aromatic carbocycles. The summed E-state index contributed by atoms with van der Waals surface area (Å²) < 4.78 is 9.37. The van der Waals surface area contributed by atoms with E-state index in [1.165, 1.54) is 43.1 Å². The molecule has 0 fully saturated rings. The maximum Gasteiger partial charge on any atom is 0.164 e. The molecule has 288 valence electrons. The van der Waals surface area contributed by atoms with E-state index in [4.69, 9.17) is 19.4 Å². The van der Waals surface area contributed by atoms with Crippen LogP contribution in [0.1, 0.15) is 0 Å². The molecule has 0 atom stereocenters. The molecule has 3 heterocycles. The lowest BCUT2D eigenvalue weighted by Crippen LogP contribution is -2.00. The lowest BCUT2D eigenvalue weighted by molar-refractivity contribution is 0.668. The summed E-state index contributed by atoms with van der Waals surface area (Å²) >= 11 is 0. The van der Waals surface area contributed by atoms with Crippen molar-refractivity contribution in [3.05, 3.63) is 206 Å². The number of nitrogens with zero attached hydrogens (tertiary/aromatic N) is 4. The van der Waals surface area contributed by atoms with Crippen LogP contribution in [0.4, 0.5) is 0 Å². The summed E-state index contributed by atoms with van der Waals surface area (Å²) in [7, 11) is 0. The second kappa shape index (κ2) is 13.6. The first-order valence-electron chi connectivity index (χ1n) is 20.9. The number of rotatable bonds is 5. The Kier molecular flexibility index (Phi) is 7.54. The van der Waals surface area contributed by atoms with E-state index in [0.717, 1.165) is 66.5 Å². The van der Waals surface area contributed by atoms with Crippen molar-refractivity contribution in [3.63, 3.8) is 0 Å². The Hall–Kier alpha value is -8.41. The van der Waals surface area contributed by atoms with Crippen molar-refractivity contribution in [3.8, 4) is 51.0 Å². The van der Waals surface area contributed by atoms with E-state index in [9.17, 15) is 0 Å². The van der Waals surface area contributed by atoms with Crippen molar-refractivity contribution in [2.45, 2.75) is 0 Å². The van der Waals surface area contributed by atoms with Crippen LogP contribution in [0.25, 0.3) is 127 Å². The third-order valence-electron chi connectivity index (χ3n) is 12.4. The van der Waals surface area contributed by atoms with Gasteiger partial charge in [-0.1, -0.05) is 164 Å². The summed E-state index contributed by atoms with van der Waals surface area (Å²) in [5.41, 5.74) is 9.79. The van der Waals surface area contributed by atoms with Gasteiger partial charge in [-0.05, 0) is 74.3 Å². The quantitative estimate of drug-likeness (QED) is 0.174. The number of hydrogen-bond donors (Lipinski definition) is 0. The lowest BCUT2D eigenvalue weighted by atomic mass is 9.96. The van der Waals surface area contributed by atoms with Gasteiger partial charge in [0.15, 0.2) is 17.5 Å². The van der Waals surface area contributed by atoms with Crippen LogP contribution in [0.5, 0.6) is 0 Å². The molecule has 62 heavy (non-hydrogen) atoms. The number of benzene rings is 10. The van der Waals surface area contributed by atoms with Crippen LogP contribution in [0, 0.1) is 0 Å². The standard InChI is InChI=1S/C57H34N4O/c1-3-16-37(17-4-1)55-58-56(38-18-5-2-6-19-38)60-57(59-55)44-24-13-25-51-54(44)47-33-45(42-27-26-35-14-7-8-20-39(35)30-42)50(34-52(47)62-51)61-48-29-28-36-15-11-12-23-43(36)53(48)46-31-40-21-9-10-22-41(40)32-49(46)61/h1-34H. The van der Waals surface area contributed by atoms with Crippen molar-refractivity contribution < 1.29 is 4.42 Å². The van der Waals surface area contributed by atoms with Crippen LogP contribution < -0.4 is 0 Å². The molecule has 0 saturated heterocycles. The molecule has 0 spiro atoms. The first-order chi connectivity index (χ1) is 30.7. The van der Waals surface area contributed by atoms with Gasteiger partial charge in [0.25, 0.3) is 0 Å². The average Bonchev–Trinajstić information content (AvgIpc) is 3.87. The Balaban J connectivity index is 1.14. The first-order valence-corrected chi connectivity index (χ1v) is 20.9. The normalized spacial score (nSPS) is 11.9. The van der Waals surface area contributed by atoms with Gasteiger partial charge in [-0.3, -0.25) is 0 Å². The fourth-order valence-corrected chi connectivity index (χ4v) is 9.48.